The van der Waals surface area contributed by atoms with Gasteiger partial charge in [0.25, 0.3) is 0 Å². The molecule has 0 aromatic heterocycles. The molecule has 1 aromatic carbocycles. The van der Waals surface area contributed by atoms with E-state index in [0.29, 0.717) is 18.8 Å². The van der Waals surface area contributed by atoms with Gasteiger partial charge in [0.15, 0.2) is 0 Å². The molecule has 4 heteroatoms. The number of nitrogens with two attached hydrogens (primary N) is 1. The summed E-state index contributed by atoms with van der Waals surface area (Å²) in [5.41, 5.74) is 6.81. The molecule has 1 amide bonds. The third-order valence-corrected chi connectivity index (χ3v) is 4.07. The molecule has 20 heavy (non-hydrogen) atoms. The maximum absolute atomic E-state index is 13.1. The fourth-order valence-electron chi connectivity index (χ4n) is 2.77. The van der Waals surface area contributed by atoms with Crippen LogP contribution in [-0.4, -0.2) is 29.9 Å². The van der Waals surface area contributed by atoms with Crippen LogP contribution in [0, 0.1) is 11.7 Å². The summed E-state index contributed by atoms with van der Waals surface area (Å²) in [6, 6.07) is 6.59. The molecule has 0 spiro atoms. The minimum atomic E-state index is -0.245. The van der Waals surface area contributed by atoms with Crippen LogP contribution >= 0.6 is 0 Å². The number of hydrogen-bond donors (Lipinski definition) is 1. The predicted molar refractivity (Wildman–Crippen MR) is 77.7 cm³/mol. The highest BCUT2D eigenvalue weighted by Crippen LogP contribution is 2.19. The quantitative estimate of drug-likeness (QED) is 0.919. The number of likely N-dealkylation sites (tertiary alicyclic amines) is 1. The smallest absolute Gasteiger partial charge is 0.222 e. The Labute approximate surface area is 120 Å². The first-order valence-corrected chi connectivity index (χ1v) is 7.34. The summed E-state index contributed by atoms with van der Waals surface area (Å²) in [5.74, 6) is 0.312. The zero-order chi connectivity index (χ0) is 14.5. The van der Waals surface area contributed by atoms with Crippen molar-refractivity contribution in [2.24, 2.45) is 11.7 Å². The Hall–Kier alpha value is -1.42. The Kier molecular flexibility index (Phi) is 5.12. The summed E-state index contributed by atoms with van der Waals surface area (Å²) in [6.07, 6.45) is 3.16. The average molecular weight is 278 g/mol. The van der Waals surface area contributed by atoms with Crippen molar-refractivity contribution < 1.29 is 9.18 Å². The van der Waals surface area contributed by atoms with Crippen LogP contribution in [0.2, 0.25) is 0 Å². The standard InChI is InChI=1S/C16H23FN2O/c1-12(18)14-5-3-9-19(11-14)16(20)8-7-13-4-2-6-15(17)10-13/h2,4,6,10,12,14H,3,5,7-9,11,18H2,1H3. The molecule has 2 N–H and O–H groups in total. The van der Waals surface area contributed by atoms with E-state index in [9.17, 15) is 9.18 Å². The number of carbonyl (C=O) groups is 1. The maximum atomic E-state index is 13.1. The monoisotopic (exact) mass is 278 g/mol. The number of piperidine rings is 1. The fourth-order valence-corrected chi connectivity index (χ4v) is 2.77. The summed E-state index contributed by atoms with van der Waals surface area (Å²) in [4.78, 5) is 14.1. The number of halogens is 1. The topological polar surface area (TPSA) is 46.3 Å². The van der Waals surface area contributed by atoms with E-state index in [4.69, 9.17) is 5.73 Å². The number of hydrogen-bond acceptors (Lipinski definition) is 2. The normalized spacial score (nSPS) is 20.8. The van der Waals surface area contributed by atoms with E-state index in [-0.39, 0.29) is 17.8 Å². The van der Waals surface area contributed by atoms with Crippen molar-refractivity contribution in [3.8, 4) is 0 Å². The minimum Gasteiger partial charge on any atom is -0.342 e. The van der Waals surface area contributed by atoms with Gasteiger partial charge in [0.1, 0.15) is 5.82 Å². The maximum Gasteiger partial charge on any atom is 0.222 e. The molecule has 1 fully saturated rings. The van der Waals surface area contributed by atoms with Gasteiger partial charge in [-0.2, -0.15) is 0 Å². The molecule has 1 aromatic rings. The Morgan fingerprint density at radius 1 is 1.55 bits per heavy atom. The van der Waals surface area contributed by atoms with Crippen molar-refractivity contribution in [1.29, 1.82) is 0 Å². The molecule has 0 bridgehead atoms. The van der Waals surface area contributed by atoms with Gasteiger partial charge in [-0.15, -0.1) is 0 Å². The molecule has 2 rings (SSSR count). The highest BCUT2D eigenvalue weighted by Gasteiger charge is 2.25. The van der Waals surface area contributed by atoms with Gasteiger partial charge in [0, 0.05) is 25.6 Å². The van der Waals surface area contributed by atoms with E-state index in [1.807, 2.05) is 17.9 Å². The molecule has 1 aliphatic heterocycles. The van der Waals surface area contributed by atoms with Gasteiger partial charge in [0.05, 0.1) is 0 Å². The van der Waals surface area contributed by atoms with Gasteiger partial charge in [-0.1, -0.05) is 12.1 Å². The van der Waals surface area contributed by atoms with Crippen LogP contribution in [0.1, 0.15) is 31.7 Å². The molecule has 1 heterocycles. The summed E-state index contributed by atoms with van der Waals surface area (Å²) >= 11 is 0. The van der Waals surface area contributed by atoms with E-state index < -0.39 is 0 Å². The second-order valence-corrected chi connectivity index (χ2v) is 5.73. The highest BCUT2D eigenvalue weighted by molar-refractivity contribution is 5.76. The Morgan fingerprint density at radius 2 is 2.35 bits per heavy atom. The first kappa shape index (κ1) is 15.0. The molecule has 110 valence electrons. The van der Waals surface area contributed by atoms with Crippen molar-refractivity contribution in [3.63, 3.8) is 0 Å². The molecule has 1 saturated heterocycles. The van der Waals surface area contributed by atoms with Crippen LogP contribution in [0.15, 0.2) is 24.3 Å². The van der Waals surface area contributed by atoms with Gasteiger partial charge in [-0.25, -0.2) is 4.39 Å². The van der Waals surface area contributed by atoms with Crippen LogP contribution in [0.25, 0.3) is 0 Å². The highest BCUT2D eigenvalue weighted by atomic mass is 19.1. The van der Waals surface area contributed by atoms with E-state index >= 15 is 0 Å². The summed E-state index contributed by atoms with van der Waals surface area (Å²) < 4.78 is 13.1. The van der Waals surface area contributed by atoms with Crippen LogP contribution in [-0.2, 0) is 11.2 Å². The first-order chi connectivity index (χ1) is 9.56. The first-order valence-electron chi connectivity index (χ1n) is 7.34. The van der Waals surface area contributed by atoms with Gasteiger partial charge in [-0.05, 0) is 49.8 Å². The Balaban J connectivity index is 1.85. The van der Waals surface area contributed by atoms with Gasteiger partial charge in [-0.3, -0.25) is 4.79 Å². The third-order valence-electron chi connectivity index (χ3n) is 4.07. The third kappa shape index (κ3) is 4.04. The minimum absolute atomic E-state index is 0.133. The second-order valence-electron chi connectivity index (χ2n) is 5.73. The van der Waals surface area contributed by atoms with Crippen LogP contribution in [0.5, 0.6) is 0 Å². The molecule has 0 aliphatic carbocycles. The van der Waals surface area contributed by atoms with Crippen LogP contribution in [0.3, 0.4) is 0 Å². The molecule has 2 atom stereocenters. The van der Waals surface area contributed by atoms with Crippen molar-refractivity contribution in [2.45, 2.75) is 38.6 Å². The zero-order valence-electron chi connectivity index (χ0n) is 12.0. The van der Waals surface area contributed by atoms with Crippen molar-refractivity contribution in [1.82, 2.24) is 4.90 Å². The van der Waals surface area contributed by atoms with Gasteiger partial charge in [0.2, 0.25) is 5.91 Å². The number of nitrogens with zero attached hydrogens (tertiary/aromatic N) is 1. The lowest BCUT2D eigenvalue weighted by Gasteiger charge is -2.34. The largest absolute Gasteiger partial charge is 0.342 e. The summed E-state index contributed by atoms with van der Waals surface area (Å²) in [6.45, 7) is 3.59. The Bertz CT molecular complexity index is 462. The molecule has 0 saturated carbocycles. The van der Waals surface area contributed by atoms with Crippen molar-refractivity contribution in [2.75, 3.05) is 13.1 Å². The van der Waals surface area contributed by atoms with E-state index in [1.165, 1.54) is 12.1 Å². The number of carbonyl (C=O) groups excluding carboxylic acids is 1. The lowest BCUT2D eigenvalue weighted by molar-refractivity contribution is -0.133. The molecular formula is C16H23FN2O. The van der Waals surface area contributed by atoms with Crippen LogP contribution in [0.4, 0.5) is 4.39 Å². The van der Waals surface area contributed by atoms with Gasteiger partial charge < -0.3 is 10.6 Å². The average Bonchev–Trinajstić information content (AvgIpc) is 2.45. The lowest BCUT2D eigenvalue weighted by Crippen LogP contribution is -2.45. The van der Waals surface area contributed by atoms with Crippen LogP contribution < -0.4 is 5.73 Å². The predicted octanol–water partition coefficient (Wildman–Crippen LogP) is 2.34. The molecule has 0 radical (unpaired) electrons. The number of amides is 1. The molecule has 2 unspecified atom stereocenters. The second kappa shape index (κ2) is 6.84. The molecular weight excluding hydrogens is 255 g/mol. The van der Waals surface area contributed by atoms with Crippen molar-refractivity contribution >= 4 is 5.91 Å². The number of aryl methyl sites for hydroxylation is 1. The van der Waals surface area contributed by atoms with Crippen molar-refractivity contribution in [3.05, 3.63) is 35.6 Å². The lowest BCUT2D eigenvalue weighted by atomic mass is 9.92. The van der Waals surface area contributed by atoms with E-state index in [2.05, 4.69) is 0 Å². The number of benzene rings is 1. The summed E-state index contributed by atoms with van der Waals surface area (Å²) in [5, 5.41) is 0. The zero-order valence-corrected chi connectivity index (χ0v) is 12.0. The molecule has 3 nitrogen and oxygen atoms in total. The number of rotatable bonds is 4. The van der Waals surface area contributed by atoms with E-state index in [0.717, 1.165) is 31.5 Å². The Morgan fingerprint density at radius 3 is 3.05 bits per heavy atom. The fraction of sp³-hybridized carbons (Fsp3) is 0.562. The molecule has 1 aliphatic rings. The summed E-state index contributed by atoms with van der Waals surface area (Å²) in [7, 11) is 0. The van der Waals surface area contributed by atoms with E-state index in [1.54, 1.807) is 6.07 Å². The van der Waals surface area contributed by atoms with Gasteiger partial charge >= 0.3 is 0 Å². The SMILES string of the molecule is CC(N)C1CCCN(C(=O)CCc2cccc(F)c2)C1.